The van der Waals surface area contributed by atoms with E-state index in [-0.39, 0.29) is 18.0 Å². The van der Waals surface area contributed by atoms with Gasteiger partial charge in [-0.1, -0.05) is 0 Å². The van der Waals surface area contributed by atoms with Crippen LogP contribution in [0, 0.1) is 10.1 Å². The minimum atomic E-state index is -1.35. The lowest BCUT2D eigenvalue weighted by Crippen LogP contribution is -2.52. The highest BCUT2D eigenvalue weighted by atomic mass is 16.6. The monoisotopic (exact) mass is 284 g/mol. The van der Waals surface area contributed by atoms with Crippen molar-refractivity contribution < 1.29 is 24.3 Å². The van der Waals surface area contributed by atoms with Crippen molar-refractivity contribution in [2.24, 2.45) is 0 Å². The predicted octanol–water partition coefficient (Wildman–Crippen LogP) is 1.04. The molecule has 20 heavy (non-hydrogen) atoms. The van der Waals surface area contributed by atoms with Crippen LogP contribution in [-0.4, -0.2) is 42.3 Å². The number of likely N-dealkylation sites (N-methyl/N-ethyl adjacent to an activating group) is 1. The van der Waals surface area contributed by atoms with Gasteiger partial charge in [-0.3, -0.25) is 14.9 Å². The second-order valence-corrected chi connectivity index (χ2v) is 4.27. The smallest absolute Gasteiger partial charge is 0.327 e. The number of methoxy groups -OCH3 is 1. The van der Waals surface area contributed by atoms with Gasteiger partial charge in [0.2, 0.25) is 5.75 Å². The van der Waals surface area contributed by atoms with Gasteiger partial charge in [-0.05, 0) is 20.0 Å². The lowest BCUT2D eigenvalue weighted by Gasteiger charge is -2.24. The van der Waals surface area contributed by atoms with Crippen LogP contribution in [0.2, 0.25) is 0 Å². The zero-order valence-corrected chi connectivity index (χ0v) is 11.4. The molecule has 0 spiro atoms. The van der Waals surface area contributed by atoms with E-state index in [2.05, 4.69) is 5.32 Å². The molecule has 0 aliphatic rings. The number of carboxylic acid groups (broad SMARTS) is 1. The Morgan fingerprint density at radius 1 is 1.55 bits per heavy atom. The van der Waals surface area contributed by atoms with Crippen molar-refractivity contribution in [1.82, 2.24) is 5.32 Å². The lowest BCUT2D eigenvalue weighted by molar-refractivity contribution is -0.385. The van der Waals surface area contributed by atoms with E-state index in [1.165, 1.54) is 39.3 Å². The number of rotatable bonds is 7. The molecule has 2 N–H and O–H groups in total. The minimum absolute atomic E-state index is 0.0444. The van der Waals surface area contributed by atoms with Crippen molar-refractivity contribution in [3.63, 3.8) is 0 Å². The van der Waals surface area contributed by atoms with Crippen LogP contribution < -0.4 is 14.8 Å². The van der Waals surface area contributed by atoms with Gasteiger partial charge < -0.3 is 19.9 Å². The van der Waals surface area contributed by atoms with Crippen molar-refractivity contribution in [2.45, 2.75) is 12.5 Å². The normalized spacial score (nSPS) is 13.3. The molecule has 0 aliphatic heterocycles. The minimum Gasteiger partial charge on any atom is -0.497 e. The summed E-state index contributed by atoms with van der Waals surface area (Å²) in [4.78, 5) is 21.4. The van der Waals surface area contributed by atoms with E-state index in [0.717, 1.165) is 0 Å². The van der Waals surface area contributed by atoms with E-state index in [1.807, 2.05) is 0 Å². The molecule has 1 rings (SSSR count). The van der Waals surface area contributed by atoms with Crippen LogP contribution in [0.3, 0.4) is 0 Å². The molecule has 0 saturated carbocycles. The van der Waals surface area contributed by atoms with Crippen LogP contribution in [0.25, 0.3) is 0 Å². The van der Waals surface area contributed by atoms with Gasteiger partial charge in [0.25, 0.3) is 0 Å². The third-order valence-corrected chi connectivity index (χ3v) is 2.90. The number of nitro benzene ring substituents is 1. The lowest BCUT2D eigenvalue weighted by atomic mass is 10.1. The summed E-state index contributed by atoms with van der Waals surface area (Å²) in [5.41, 5.74) is -1.61. The number of hydrogen-bond donors (Lipinski definition) is 2. The summed E-state index contributed by atoms with van der Waals surface area (Å²) >= 11 is 0. The highest BCUT2D eigenvalue weighted by Crippen LogP contribution is 2.31. The number of nitrogens with zero attached hydrogens (tertiary/aromatic N) is 1. The van der Waals surface area contributed by atoms with Crippen LogP contribution in [0.5, 0.6) is 11.5 Å². The van der Waals surface area contributed by atoms with Gasteiger partial charge in [0.05, 0.1) is 12.0 Å². The molecular formula is C12H16N2O6. The first-order valence-corrected chi connectivity index (χ1v) is 5.71. The first kappa shape index (κ1) is 15.7. The number of benzene rings is 1. The number of nitro groups is 1. The molecule has 0 aromatic heterocycles. The molecular weight excluding hydrogens is 268 g/mol. The van der Waals surface area contributed by atoms with Crippen molar-refractivity contribution in [2.75, 3.05) is 20.8 Å². The molecule has 1 unspecified atom stereocenters. The van der Waals surface area contributed by atoms with Crippen LogP contribution in [0.4, 0.5) is 5.69 Å². The molecule has 0 saturated heterocycles. The van der Waals surface area contributed by atoms with Crippen molar-refractivity contribution >= 4 is 11.7 Å². The first-order chi connectivity index (χ1) is 9.34. The molecule has 1 aromatic rings. The highest BCUT2D eigenvalue weighted by Gasteiger charge is 2.33. The molecule has 0 heterocycles. The van der Waals surface area contributed by atoms with Gasteiger partial charge in [-0.2, -0.15) is 0 Å². The Balaban J connectivity index is 3.01. The van der Waals surface area contributed by atoms with E-state index < -0.39 is 16.4 Å². The van der Waals surface area contributed by atoms with Gasteiger partial charge >= 0.3 is 11.7 Å². The number of ether oxygens (including phenoxy) is 2. The zero-order chi connectivity index (χ0) is 15.3. The summed E-state index contributed by atoms with van der Waals surface area (Å²) in [7, 11) is 2.89. The molecule has 1 atom stereocenters. The Morgan fingerprint density at radius 3 is 2.65 bits per heavy atom. The molecule has 1 aromatic carbocycles. The van der Waals surface area contributed by atoms with Crippen LogP contribution in [0.1, 0.15) is 6.92 Å². The van der Waals surface area contributed by atoms with E-state index in [1.54, 1.807) is 0 Å². The van der Waals surface area contributed by atoms with Gasteiger partial charge in [0, 0.05) is 12.1 Å². The quantitative estimate of drug-likeness (QED) is 0.568. The number of carboxylic acids is 1. The molecule has 0 fully saturated rings. The standard InChI is InChI=1S/C12H16N2O6/c1-12(13-2,11(15)16)7-20-10-6-8(19-3)4-5-9(10)14(17)18/h4-6,13H,7H2,1-3H3,(H,15,16). The number of nitrogens with one attached hydrogen (secondary N) is 1. The number of hydrogen-bond acceptors (Lipinski definition) is 6. The molecule has 8 nitrogen and oxygen atoms in total. The summed E-state index contributed by atoms with van der Waals surface area (Å²) < 4.78 is 10.3. The number of carbonyl (C=O) groups is 1. The number of aliphatic carboxylic acids is 1. The van der Waals surface area contributed by atoms with Gasteiger partial charge in [0.1, 0.15) is 17.9 Å². The second kappa shape index (κ2) is 6.20. The Hall–Kier alpha value is -2.35. The Kier molecular flexibility index (Phi) is 4.87. The molecule has 0 amide bonds. The van der Waals surface area contributed by atoms with E-state index in [9.17, 15) is 14.9 Å². The van der Waals surface area contributed by atoms with Gasteiger partial charge in [-0.25, -0.2) is 0 Å². The third kappa shape index (κ3) is 3.35. The Bertz CT molecular complexity index is 519. The summed E-state index contributed by atoms with van der Waals surface area (Å²) in [5, 5.41) is 22.6. The summed E-state index contributed by atoms with van der Waals surface area (Å²) in [6.45, 7) is 1.15. The van der Waals surface area contributed by atoms with Crippen molar-refractivity contribution in [3.05, 3.63) is 28.3 Å². The van der Waals surface area contributed by atoms with Crippen molar-refractivity contribution in [1.29, 1.82) is 0 Å². The molecule has 8 heteroatoms. The highest BCUT2D eigenvalue weighted by molar-refractivity contribution is 5.78. The predicted molar refractivity (Wildman–Crippen MR) is 70.2 cm³/mol. The van der Waals surface area contributed by atoms with E-state index in [4.69, 9.17) is 14.6 Å². The zero-order valence-electron chi connectivity index (χ0n) is 11.4. The fraction of sp³-hybridized carbons (Fsp3) is 0.417. The maximum atomic E-state index is 11.1. The topological polar surface area (TPSA) is 111 Å². The van der Waals surface area contributed by atoms with Crippen molar-refractivity contribution in [3.8, 4) is 11.5 Å². The summed E-state index contributed by atoms with van der Waals surface area (Å²) in [5.74, 6) is -0.783. The van der Waals surface area contributed by atoms with Gasteiger partial charge in [-0.15, -0.1) is 0 Å². The SMILES string of the molecule is CNC(C)(COc1cc(OC)ccc1[N+](=O)[O-])C(=O)O. The van der Waals surface area contributed by atoms with E-state index >= 15 is 0 Å². The fourth-order valence-corrected chi connectivity index (χ4v) is 1.35. The molecule has 110 valence electrons. The molecule has 0 bridgehead atoms. The van der Waals surface area contributed by atoms with Crippen LogP contribution in [0.15, 0.2) is 18.2 Å². The summed E-state index contributed by atoms with van der Waals surface area (Å²) in [6, 6.07) is 4.02. The third-order valence-electron chi connectivity index (χ3n) is 2.90. The Labute approximate surface area is 115 Å². The Morgan fingerprint density at radius 2 is 2.20 bits per heavy atom. The van der Waals surface area contributed by atoms with Crippen LogP contribution >= 0.6 is 0 Å². The second-order valence-electron chi connectivity index (χ2n) is 4.27. The summed E-state index contributed by atoms with van der Waals surface area (Å²) in [6.07, 6.45) is 0. The fourth-order valence-electron chi connectivity index (χ4n) is 1.35. The van der Waals surface area contributed by atoms with Gasteiger partial charge in [0.15, 0.2) is 0 Å². The maximum Gasteiger partial charge on any atom is 0.327 e. The maximum absolute atomic E-state index is 11.1. The average molecular weight is 284 g/mol. The molecule has 0 aliphatic carbocycles. The first-order valence-electron chi connectivity index (χ1n) is 5.71. The molecule has 0 radical (unpaired) electrons. The average Bonchev–Trinajstić information content (AvgIpc) is 2.43. The van der Waals surface area contributed by atoms with E-state index in [0.29, 0.717) is 5.75 Å². The largest absolute Gasteiger partial charge is 0.497 e. The van der Waals surface area contributed by atoms with Crippen LogP contribution in [-0.2, 0) is 4.79 Å².